The Morgan fingerprint density at radius 3 is 2.78 bits per heavy atom. The van der Waals surface area contributed by atoms with Gasteiger partial charge in [-0.2, -0.15) is 0 Å². The maximum Gasteiger partial charge on any atom is 0.252 e. The Morgan fingerprint density at radius 1 is 1.19 bits per heavy atom. The van der Waals surface area contributed by atoms with Crippen LogP contribution in [0.25, 0.3) is 10.9 Å². The highest BCUT2D eigenvalue weighted by molar-refractivity contribution is 5.82. The molecule has 5 rings (SSSR count). The second-order valence-electron chi connectivity index (χ2n) is 10.2. The number of nitrogens with zero attached hydrogens (tertiary/aromatic N) is 5. The highest BCUT2D eigenvalue weighted by atomic mass is 16.3. The summed E-state index contributed by atoms with van der Waals surface area (Å²) in [6, 6.07) is 10.6. The first-order chi connectivity index (χ1) is 17.5. The largest absolute Gasteiger partial charge is 0.467 e. The van der Waals surface area contributed by atoms with Crippen LogP contribution in [0, 0.1) is 13.8 Å². The van der Waals surface area contributed by atoms with Gasteiger partial charge in [0.1, 0.15) is 12.3 Å². The molecule has 1 aliphatic rings. The van der Waals surface area contributed by atoms with E-state index in [0.717, 1.165) is 59.3 Å². The van der Waals surface area contributed by atoms with Crippen LogP contribution in [0.15, 0.2) is 45.8 Å². The van der Waals surface area contributed by atoms with E-state index in [-0.39, 0.29) is 11.6 Å². The number of benzene rings is 1. The fraction of sp³-hybridized carbons (Fsp3) is 0.500. The van der Waals surface area contributed by atoms with Crippen molar-refractivity contribution in [3.05, 3.63) is 75.2 Å². The predicted octanol–water partition coefficient (Wildman–Crippen LogP) is 5.45. The van der Waals surface area contributed by atoms with Crippen LogP contribution in [0.3, 0.4) is 0 Å². The molecule has 0 bridgehead atoms. The van der Waals surface area contributed by atoms with Crippen molar-refractivity contribution >= 4 is 10.9 Å². The molecule has 8 heteroatoms. The number of hydrogen-bond donors (Lipinski definition) is 1. The molecule has 1 aliphatic carbocycles. The Bertz CT molecular complexity index is 1350. The van der Waals surface area contributed by atoms with Gasteiger partial charge in [0.25, 0.3) is 5.56 Å². The summed E-state index contributed by atoms with van der Waals surface area (Å²) < 4.78 is 7.43. The van der Waals surface area contributed by atoms with Crippen LogP contribution in [0.4, 0.5) is 0 Å². The summed E-state index contributed by atoms with van der Waals surface area (Å²) in [5, 5.41) is 13.9. The lowest BCUT2D eigenvalue weighted by Gasteiger charge is -2.39. The van der Waals surface area contributed by atoms with Crippen molar-refractivity contribution in [2.24, 2.45) is 0 Å². The van der Waals surface area contributed by atoms with Gasteiger partial charge in [0.15, 0.2) is 5.82 Å². The Labute approximate surface area is 211 Å². The maximum atomic E-state index is 13.3. The van der Waals surface area contributed by atoms with Crippen LogP contribution in [0.5, 0.6) is 0 Å². The van der Waals surface area contributed by atoms with Gasteiger partial charge in [-0.05, 0) is 78.8 Å². The van der Waals surface area contributed by atoms with E-state index < -0.39 is 0 Å². The number of rotatable bonds is 9. The monoisotopic (exact) mass is 488 g/mol. The number of fused-ring (bicyclic) bond motifs is 1. The number of tetrazole rings is 1. The van der Waals surface area contributed by atoms with E-state index in [1.54, 1.807) is 6.26 Å². The van der Waals surface area contributed by atoms with Crippen molar-refractivity contribution in [2.75, 3.05) is 0 Å². The van der Waals surface area contributed by atoms with Crippen LogP contribution in [0.1, 0.15) is 86.2 Å². The summed E-state index contributed by atoms with van der Waals surface area (Å²) in [5.74, 6) is 1.66. The number of furan rings is 1. The van der Waals surface area contributed by atoms with E-state index in [9.17, 15) is 4.79 Å². The van der Waals surface area contributed by atoms with Gasteiger partial charge >= 0.3 is 0 Å². The highest BCUT2D eigenvalue weighted by Gasteiger charge is 2.32. The lowest BCUT2D eigenvalue weighted by atomic mass is 9.91. The van der Waals surface area contributed by atoms with Crippen molar-refractivity contribution in [1.82, 2.24) is 30.1 Å². The molecule has 0 radical (unpaired) electrons. The van der Waals surface area contributed by atoms with Gasteiger partial charge < -0.3 is 9.40 Å². The zero-order valence-corrected chi connectivity index (χ0v) is 21.5. The molecule has 190 valence electrons. The van der Waals surface area contributed by atoms with Crippen LogP contribution in [0.2, 0.25) is 0 Å². The lowest BCUT2D eigenvalue weighted by molar-refractivity contribution is 0.0811. The number of nitrogens with one attached hydrogen (secondary N) is 1. The molecule has 1 N–H and O–H groups in total. The molecule has 0 spiro atoms. The van der Waals surface area contributed by atoms with Gasteiger partial charge in [0.05, 0.1) is 17.8 Å². The molecule has 8 nitrogen and oxygen atoms in total. The molecule has 0 aliphatic heterocycles. The summed E-state index contributed by atoms with van der Waals surface area (Å²) >= 11 is 0. The minimum absolute atomic E-state index is 0.0115. The van der Waals surface area contributed by atoms with Gasteiger partial charge in [0, 0.05) is 18.2 Å². The Kier molecular flexibility index (Phi) is 7.32. The molecule has 36 heavy (non-hydrogen) atoms. The molecule has 1 atom stereocenters. The van der Waals surface area contributed by atoms with Crippen molar-refractivity contribution in [2.45, 2.75) is 90.9 Å². The average molecular weight is 489 g/mol. The van der Waals surface area contributed by atoms with E-state index >= 15 is 0 Å². The maximum absolute atomic E-state index is 13.3. The minimum atomic E-state index is -0.0133. The molecule has 0 unspecified atom stereocenters. The molecule has 1 aromatic carbocycles. The van der Waals surface area contributed by atoms with Crippen molar-refractivity contribution in [3.8, 4) is 0 Å². The summed E-state index contributed by atoms with van der Waals surface area (Å²) in [7, 11) is 0. The smallest absolute Gasteiger partial charge is 0.252 e. The summed E-state index contributed by atoms with van der Waals surface area (Å²) in [6.07, 6.45) is 9.54. The standard InChI is InChI=1S/C28H36N6O2/c1-4-9-25(27-30-31-32-34(27)18-24-12-8-13-36-24)33(23-10-6-5-7-11-23)17-22-16-21-15-19(2)14-20(3)26(21)29-28(22)35/h8,12-16,23,25H,4-7,9-11,17-18H2,1-3H3,(H,29,35)/t25-/m0/s1. The lowest BCUT2D eigenvalue weighted by Crippen LogP contribution is -2.41. The minimum Gasteiger partial charge on any atom is -0.467 e. The molecule has 1 saturated carbocycles. The molecule has 0 saturated heterocycles. The van der Waals surface area contributed by atoms with Crippen molar-refractivity contribution < 1.29 is 4.42 Å². The van der Waals surface area contributed by atoms with Gasteiger partial charge in [-0.1, -0.05) is 44.2 Å². The second-order valence-corrected chi connectivity index (χ2v) is 10.2. The predicted molar refractivity (Wildman–Crippen MR) is 140 cm³/mol. The van der Waals surface area contributed by atoms with Crippen LogP contribution in [-0.4, -0.2) is 36.1 Å². The van der Waals surface area contributed by atoms with Crippen molar-refractivity contribution in [1.29, 1.82) is 0 Å². The molecular formula is C28H36N6O2. The Hall–Kier alpha value is -3.26. The van der Waals surface area contributed by atoms with Gasteiger partial charge in [-0.15, -0.1) is 5.10 Å². The molecule has 3 heterocycles. The zero-order valence-electron chi connectivity index (χ0n) is 21.5. The Balaban J connectivity index is 1.54. The van der Waals surface area contributed by atoms with Crippen LogP contribution >= 0.6 is 0 Å². The van der Waals surface area contributed by atoms with E-state index in [1.807, 2.05) is 16.8 Å². The second kappa shape index (κ2) is 10.8. The third-order valence-electron chi connectivity index (χ3n) is 7.47. The third-order valence-corrected chi connectivity index (χ3v) is 7.47. The van der Waals surface area contributed by atoms with Gasteiger partial charge in [0.2, 0.25) is 0 Å². The number of hydrogen-bond acceptors (Lipinski definition) is 6. The van der Waals surface area contributed by atoms with E-state index in [0.29, 0.717) is 19.1 Å². The van der Waals surface area contributed by atoms with Gasteiger partial charge in [-0.3, -0.25) is 9.69 Å². The normalized spacial score (nSPS) is 15.7. The molecule has 1 fully saturated rings. The molecule has 4 aromatic rings. The van der Waals surface area contributed by atoms with E-state index in [1.165, 1.54) is 24.8 Å². The summed E-state index contributed by atoms with van der Waals surface area (Å²) in [5.41, 5.74) is 4.00. The SMILES string of the molecule is CCC[C@@H](c1nnnn1Cc1ccco1)N(Cc1cc2cc(C)cc(C)c2[nH]c1=O)C1CCCCC1. The highest BCUT2D eigenvalue weighted by Crippen LogP contribution is 2.34. The number of H-pyrrole nitrogens is 1. The van der Waals surface area contributed by atoms with Crippen LogP contribution in [-0.2, 0) is 13.1 Å². The quantitative estimate of drug-likeness (QED) is 0.337. The molecule has 0 amide bonds. The van der Waals surface area contributed by atoms with Gasteiger partial charge in [-0.25, -0.2) is 4.68 Å². The summed E-state index contributed by atoms with van der Waals surface area (Å²) in [6.45, 7) is 7.41. The Morgan fingerprint density at radius 2 is 2.03 bits per heavy atom. The zero-order chi connectivity index (χ0) is 25.1. The topological polar surface area (TPSA) is 92.8 Å². The first-order valence-corrected chi connectivity index (χ1v) is 13.2. The molecular weight excluding hydrogens is 452 g/mol. The fourth-order valence-corrected chi connectivity index (χ4v) is 5.78. The third kappa shape index (κ3) is 5.14. The number of aromatic nitrogens is 5. The number of aromatic amines is 1. The van der Waals surface area contributed by atoms with E-state index in [4.69, 9.17) is 4.42 Å². The summed E-state index contributed by atoms with van der Waals surface area (Å²) in [4.78, 5) is 19.0. The average Bonchev–Trinajstić information content (AvgIpc) is 3.55. The van der Waals surface area contributed by atoms with E-state index in [2.05, 4.69) is 64.4 Å². The molecule has 3 aromatic heterocycles. The number of aryl methyl sites for hydroxylation is 2. The fourth-order valence-electron chi connectivity index (χ4n) is 5.78. The van der Waals surface area contributed by atoms with Crippen molar-refractivity contribution in [3.63, 3.8) is 0 Å². The van der Waals surface area contributed by atoms with Crippen LogP contribution < -0.4 is 5.56 Å². The first kappa shape index (κ1) is 24.4. The first-order valence-electron chi connectivity index (χ1n) is 13.2. The number of pyridine rings is 1.